The van der Waals surface area contributed by atoms with E-state index >= 15 is 0 Å². The maximum Gasteiger partial charge on any atom is -0.0252 e. The van der Waals surface area contributed by atoms with Crippen LogP contribution in [0.3, 0.4) is 0 Å². The topological polar surface area (TPSA) is 0 Å². The molecule has 0 rings (SSSR count). The lowest BCUT2D eigenvalue weighted by molar-refractivity contribution is 0.778. The van der Waals surface area contributed by atoms with E-state index in [2.05, 4.69) is 24.8 Å². The number of hydrogen-bond donors (Lipinski definition) is 0. The molecule has 0 aromatic rings. The molecule has 0 aromatic carbocycles. The van der Waals surface area contributed by atoms with Crippen molar-refractivity contribution in [3.05, 3.63) is 0 Å². The van der Waals surface area contributed by atoms with Gasteiger partial charge in [-0.3, -0.25) is 0 Å². The van der Waals surface area contributed by atoms with Crippen LogP contribution in [0.5, 0.6) is 0 Å². The van der Waals surface area contributed by atoms with Gasteiger partial charge >= 0.3 is 0 Å². The monoisotopic (exact) mass is 200 g/mol. The van der Waals surface area contributed by atoms with Crippen molar-refractivity contribution in [1.29, 1.82) is 0 Å². The smallest absolute Gasteiger partial charge is 0.0252 e. The van der Waals surface area contributed by atoms with Crippen molar-refractivity contribution in [3.8, 4) is 0 Å². The maximum atomic E-state index is 2.96. The third-order valence-corrected chi connectivity index (χ3v) is 11.7. The molecule has 0 amide bonds. The average Bonchev–Trinajstić information content (AvgIpc) is 1.89. The van der Waals surface area contributed by atoms with Gasteiger partial charge in [-0.2, -0.15) is 0 Å². The van der Waals surface area contributed by atoms with Gasteiger partial charge in [0, 0.05) is 0 Å². The second-order valence-corrected chi connectivity index (χ2v) is 11.9. The Morgan fingerprint density at radius 1 is 1.44 bits per heavy atom. The Bertz CT molecular complexity index is 56.9. The van der Waals surface area contributed by atoms with Crippen LogP contribution < -0.4 is 0 Å². The summed E-state index contributed by atoms with van der Waals surface area (Å²) in [5, 5.41) is 0. The zero-order chi connectivity index (χ0) is 7.11. The summed E-state index contributed by atoms with van der Waals surface area (Å²) in [6.07, 6.45) is 5.67. The molecule has 0 radical (unpaired) electrons. The molecular formula is C5H16P4. The summed E-state index contributed by atoms with van der Waals surface area (Å²) in [7, 11) is 7.21. The van der Waals surface area contributed by atoms with Crippen LogP contribution in [0.15, 0.2) is 0 Å². The van der Waals surface area contributed by atoms with Crippen molar-refractivity contribution >= 4 is 33.1 Å². The summed E-state index contributed by atoms with van der Waals surface area (Å²) in [4.78, 5) is 0. The first-order valence-electron chi connectivity index (χ1n) is 3.29. The third kappa shape index (κ3) is 7.62. The lowest BCUT2D eigenvalue weighted by atomic mass is 10.3. The van der Waals surface area contributed by atoms with Gasteiger partial charge in [0.05, 0.1) is 0 Å². The van der Waals surface area contributed by atoms with Crippen molar-refractivity contribution in [2.75, 3.05) is 6.16 Å². The first-order chi connectivity index (χ1) is 4.31. The van der Waals surface area contributed by atoms with Crippen LogP contribution in [0.4, 0.5) is 0 Å². The van der Waals surface area contributed by atoms with Crippen molar-refractivity contribution < 1.29 is 0 Å². The molecule has 0 aliphatic carbocycles. The maximum absolute atomic E-state index is 2.96. The van der Waals surface area contributed by atoms with Crippen molar-refractivity contribution in [2.24, 2.45) is 0 Å². The molecule has 0 saturated heterocycles. The van der Waals surface area contributed by atoms with Crippen LogP contribution in [-0.2, 0) is 0 Å². The molecule has 9 heavy (non-hydrogen) atoms. The zero-order valence-corrected chi connectivity index (χ0v) is 10.1. The van der Waals surface area contributed by atoms with E-state index < -0.39 is 0 Å². The molecule has 4 unspecified atom stereocenters. The Morgan fingerprint density at radius 2 is 2.11 bits per heavy atom. The predicted octanol–water partition coefficient (Wildman–Crippen LogP) is 3.83. The van der Waals surface area contributed by atoms with Crippen LogP contribution >= 0.6 is 33.1 Å². The molecule has 56 valence electrons. The molecule has 0 aliphatic heterocycles. The van der Waals surface area contributed by atoms with Crippen molar-refractivity contribution in [3.63, 3.8) is 0 Å². The molecular weight excluding hydrogens is 184 g/mol. The van der Waals surface area contributed by atoms with Gasteiger partial charge in [0.1, 0.15) is 0 Å². The van der Waals surface area contributed by atoms with Crippen molar-refractivity contribution in [1.82, 2.24) is 0 Å². The quantitative estimate of drug-likeness (QED) is 0.467. The molecule has 4 atom stereocenters. The van der Waals surface area contributed by atoms with Crippen LogP contribution in [-0.4, -0.2) is 6.16 Å². The fraction of sp³-hybridized carbons (Fsp3) is 1.00. The van der Waals surface area contributed by atoms with Gasteiger partial charge < -0.3 is 0 Å². The highest BCUT2D eigenvalue weighted by Crippen LogP contribution is 2.66. The van der Waals surface area contributed by atoms with Gasteiger partial charge in [-0.15, -0.1) is 17.9 Å². The summed E-state index contributed by atoms with van der Waals surface area (Å²) >= 11 is 0. The second kappa shape index (κ2) is 7.82. The van der Waals surface area contributed by atoms with Gasteiger partial charge in [0.25, 0.3) is 0 Å². The molecule has 0 spiro atoms. The Balaban J connectivity index is 2.88. The number of rotatable bonds is 5. The predicted molar refractivity (Wildman–Crippen MR) is 59.0 cm³/mol. The molecule has 0 aliphatic rings. The van der Waals surface area contributed by atoms with E-state index in [9.17, 15) is 0 Å². The molecule has 0 aromatic heterocycles. The molecule has 0 N–H and O–H groups in total. The Hall–Kier alpha value is 1.72. The van der Waals surface area contributed by atoms with Crippen LogP contribution in [0, 0.1) is 0 Å². The fourth-order valence-corrected chi connectivity index (χ4v) is 3.86. The van der Waals surface area contributed by atoms with E-state index in [-0.39, 0.29) is 0 Å². The molecule has 4 heteroatoms. The Morgan fingerprint density at radius 3 is 2.56 bits per heavy atom. The summed E-state index contributed by atoms with van der Waals surface area (Å²) in [6.45, 7) is 2.26. The Kier molecular flexibility index (Phi) is 9.32. The number of unbranched alkanes of at least 4 members (excludes halogenated alkanes) is 2. The van der Waals surface area contributed by atoms with E-state index in [4.69, 9.17) is 0 Å². The largest absolute Gasteiger partial charge is 0.110 e. The van der Waals surface area contributed by atoms with E-state index in [1.165, 1.54) is 25.4 Å². The first kappa shape index (κ1) is 10.7. The molecule has 0 fully saturated rings. The highest BCUT2D eigenvalue weighted by atomic mass is 32.6. The number of hydrogen-bond acceptors (Lipinski definition) is 0. The minimum atomic E-state index is 0.317. The minimum absolute atomic E-state index is 0.317. The summed E-state index contributed by atoms with van der Waals surface area (Å²) in [5.41, 5.74) is 0. The lowest BCUT2D eigenvalue weighted by Crippen LogP contribution is -1.74. The summed E-state index contributed by atoms with van der Waals surface area (Å²) in [5.74, 6) is 0. The van der Waals surface area contributed by atoms with Gasteiger partial charge in [0.15, 0.2) is 0 Å². The van der Waals surface area contributed by atoms with Gasteiger partial charge in [-0.05, 0) is 12.6 Å². The standard InChI is InChI=1S/C5H16P4/c1-2-3-4-5-9(7)8-6/h8H,2-7H2,1H3. The molecule has 0 bridgehead atoms. The van der Waals surface area contributed by atoms with E-state index in [1.807, 2.05) is 0 Å². The van der Waals surface area contributed by atoms with Crippen LogP contribution in [0.1, 0.15) is 26.2 Å². The van der Waals surface area contributed by atoms with Crippen LogP contribution in [0.25, 0.3) is 0 Å². The molecule has 0 nitrogen and oxygen atoms in total. The third-order valence-electron chi connectivity index (χ3n) is 1.17. The van der Waals surface area contributed by atoms with Gasteiger partial charge in [-0.25, -0.2) is 0 Å². The summed E-state index contributed by atoms with van der Waals surface area (Å²) in [6, 6.07) is 0. The highest BCUT2D eigenvalue weighted by molar-refractivity contribution is 8.61. The molecule has 0 saturated carbocycles. The fourth-order valence-electron chi connectivity index (χ4n) is 0.597. The SMILES string of the molecule is CCCCCP(P)PP. The molecule has 0 heterocycles. The first-order valence-corrected chi connectivity index (χ1v) is 10.1. The second-order valence-electron chi connectivity index (χ2n) is 2.03. The normalized spacial score (nSPS) is 15.0. The summed E-state index contributed by atoms with van der Waals surface area (Å²) < 4.78 is 0. The van der Waals surface area contributed by atoms with Crippen molar-refractivity contribution in [2.45, 2.75) is 26.2 Å². The van der Waals surface area contributed by atoms with Gasteiger partial charge in [-0.1, -0.05) is 35.0 Å². The zero-order valence-electron chi connectivity index (χ0n) is 5.93. The van der Waals surface area contributed by atoms with E-state index in [0.717, 1.165) is 7.96 Å². The average molecular weight is 200 g/mol. The van der Waals surface area contributed by atoms with Gasteiger partial charge in [0.2, 0.25) is 0 Å². The lowest BCUT2D eigenvalue weighted by Gasteiger charge is -2.06. The highest BCUT2D eigenvalue weighted by Gasteiger charge is 1.95. The Labute approximate surface area is 66.0 Å². The minimum Gasteiger partial charge on any atom is -0.110 e. The van der Waals surface area contributed by atoms with Crippen LogP contribution in [0.2, 0.25) is 0 Å². The van der Waals surface area contributed by atoms with E-state index in [0.29, 0.717) is 7.30 Å². The van der Waals surface area contributed by atoms with E-state index in [1.54, 1.807) is 0 Å².